The molecule has 224 valence electrons. The maximum Gasteiger partial charge on any atom is 0.265 e. The van der Waals surface area contributed by atoms with Crippen molar-refractivity contribution < 1.29 is 35.2 Å². The molecule has 0 atom stereocenters. The molecule has 2 aromatic carbocycles. The van der Waals surface area contributed by atoms with E-state index in [1.165, 1.54) is 0 Å². The molecule has 0 unspecified atom stereocenters. The molecule has 0 saturated heterocycles. The number of rotatable bonds is 12. The number of allylic oxidation sites excluding steroid dienone is 2. The fourth-order valence-corrected chi connectivity index (χ4v) is 9.33. The van der Waals surface area contributed by atoms with E-state index in [2.05, 4.69) is 28.5 Å². The third kappa shape index (κ3) is 7.01. The van der Waals surface area contributed by atoms with E-state index in [4.69, 9.17) is 4.74 Å². The molecule has 14 heteroatoms. The molecule has 1 aliphatic heterocycles. The smallest absolute Gasteiger partial charge is 0.265 e. The van der Waals surface area contributed by atoms with Crippen molar-refractivity contribution >= 4 is 86.7 Å². The van der Waals surface area contributed by atoms with Gasteiger partial charge in [-0.2, -0.15) is 21.4 Å². The molecular formula is C28H31N2O7S5+. The van der Waals surface area contributed by atoms with E-state index in [1.807, 2.05) is 41.8 Å². The molecule has 2 N–H and O–H groups in total. The van der Waals surface area contributed by atoms with Gasteiger partial charge in [-0.1, -0.05) is 42.2 Å². The Morgan fingerprint density at radius 3 is 2.52 bits per heavy atom. The van der Waals surface area contributed by atoms with Crippen LogP contribution < -0.4 is 14.2 Å². The molecule has 0 saturated carbocycles. The van der Waals surface area contributed by atoms with Crippen molar-refractivity contribution in [1.29, 1.82) is 0 Å². The van der Waals surface area contributed by atoms with Gasteiger partial charge in [0.15, 0.2) is 6.54 Å². The van der Waals surface area contributed by atoms with Gasteiger partial charge in [0.05, 0.1) is 29.3 Å². The van der Waals surface area contributed by atoms with Crippen molar-refractivity contribution in [2.75, 3.05) is 30.1 Å². The molecule has 0 spiro atoms. The fraction of sp³-hybridized carbons (Fsp3) is 0.321. The molecular weight excluding hydrogens is 637 g/mol. The Kier molecular flexibility index (Phi) is 9.33. The lowest BCUT2D eigenvalue weighted by Crippen LogP contribution is -2.36. The number of ether oxygens (including phenoxy) is 1. The number of thioether (sulfide) groups is 1. The summed E-state index contributed by atoms with van der Waals surface area (Å²) in [6.07, 6.45) is 5.46. The maximum absolute atomic E-state index is 11.5. The van der Waals surface area contributed by atoms with Crippen LogP contribution in [0.2, 0.25) is 0 Å². The lowest BCUT2D eigenvalue weighted by Gasteiger charge is -2.20. The first-order valence-electron chi connectivity index (χ1n) is 13.2. The highest BCUT2D eigenvalue weighted by Gasteiger charge is 2.27. The van der Waals surface area contributed by atoms with Gasteiger partial charge in [-0.15, -0.1) is 11.3 Å². The average Bonchev–Trinajstić information content (AvgIpc) is 3.62. The van der Waals surface area contributed by atoms with Crippen LogP contribution in [0, 0.1) is 0 Å². The third-order valence-electron chi connectivity index (χ3n) is 6.84. The number of benzene rings is 2. The number of hydrogen-bond donors (Lipinski definition) is 2. The van der Waals surface area contributed by atoms with Crippen LogP contribution in [0.3, 0.4) is 0 Å². The van der Waals surface area contributed by atoms with E-state index < -0.39 is 20.2 Å². The Labute approximate surface area is 257 Å². The maximum atomic E-state index is 11.5. The monoisotopic (exact) mass is 667 g/mol. The number of para-hydroxylation sites is 1. The first-order valence-corrected chi connectivity index (χ1v) is 19.0. The summed E-state index contributed by atoms with van der Waals surface area (Å²) in [6, 6.07) is 12.0. The molecule has 4 aromatic rings. The van der Waals surface area contributed by atoms with Gasteiger partial charge in [-0.3, -0.25) is 9.11 Å². The van der Waals surface area contributed by atoms with Crippen molar-refractivity contribution in [2.45, 2.75) is 37.6 Å². The van der Waals surface area contributed by atoms with Gasteiger partial charge >= 0.3 is 0 Å². The second-order valence-electron chi connectivity index (χ2n) is 9.74. The van der Waals surface area contributed by atoms with Gasteiger partial charge in [-0.05, 0) is 48.1 Å². The largest absolute Gasteiger partial charge is 0.496 e. The standard InChI is InChI=1S/C28H30N2O7S5/c1-3-19(16-25-29(11-6-14-41(31,32)33)21-8-4-5-9-23(21)39-25)17-26-30(12-7-15-42(34,35)36)27-24(40-26)18-22(37-2)20-10-13-38-28(20)27/h4-5,8-10,13,16-18H,3,6-7,11-12,14-15H2,1-2H3,(H-,31,32,33,34,35,36)/p+1. The minimum Gasteiger partial charge on any atom is -0.496 e. The van der Waals surface area contributed by atoms with E-state index in [0.717, 1.165) is 58.7 Å². The number of aromatic nitrogens is 1. The SMILES string of the molecule is CCC(=Cc1sc2cc(OC)c3ccsc3c2[n+]1CCCS(=O)(=O)O)C=C1Sc2ccccc2N1CCCS(=O)(=O)O. The summed E-state index contributed by atoms with van der Waals surface area (Å²) in [5.74, 6) is 0.133. The summed E-state index contributed by atoms with van der Waals surface area (Å²) in [5.41, 5.74) is 3.04. The first-order chi connectivity index (χ1) is 20.0. The number of fused-ring (bicyclic) bond motifs is 4. The normalized spacial score (nSPS) is 15.3. The van der Waals surface area contributed by atoms with Crippen LogP contribution >= 0.6 is 34.4 Å². The molecule has 2 aromatic heterocycles. The lowest BCUT2D eigenvalue weighted by molar-refractivity contribution is -0.667. The Hall–Kier alpha value is -2.46. The first kappa shape index (κ1) is 31.0. The quantitative estimate of drug-likeness (QED) is 0.134. The molecule has 1 aliphatic rings. The summed E-state index contributed by atoms with van der Waals surface area (Å²) >= 11 is 4.81. The molecule has 0 fully saturated rings. The van der Waals surface area contributed by atoms with Gasteiger partial charge in [0.1, 0.15) is 15.1 Å². The number of thiazole rings is 1. The Morgan fingerprint density at radius 2 is 1.81 bits per heavy atom. The van der Waals surface area contributed by atoms with Crippen LogP contribution in [-0.4, -0.2) is 51.1 Å². The molecule has 42 heavy (non-hydrogen) atoms. The van der Waals surface area contributed by atoms with E-state index >= 15 is 0 Å². The zero-order valence-corrected chi connectivity index (χ0v) is 27.1. The second-order valence-corrected chi connectivity index (χ2v) is 15.9. The summed E-state index contributed by atoms with van der Waals surface area (Å²) in [5, 5.41) is 4.90. The highest BCUT2D eigenvalue weighted by molar-refractivity contribution is 8.03. The number of hydrogen-bond acceptors (Lipinski definition) is 9. The minimum atomic E-state index is -4.09. The molecule has 0 amide bonds. The molecule has 0 radical (unpaired) electrons. The number of methoxy groups -OCH3 is 1. The van der Waals surface area contributed by atoms with Crippen LogP contribution in [0.1, 0.15) is 31.2 Å². The molecule has 3 heterocycles. The molecule has 5 rings (SSSR count). The predicted octanol–water partition coefficient (Wildman–Crippen LogP) is 6.22. The zero-order chi connectivity index (χ0) is 30.1. The van der Waals surface area contributed by atoms with Crippen molar-refractivity contribution in [2.24, 2.45) is 0 Å². The second kappa shape index (κ2) is 12.6. The topological polar surface area (TPSA) is 125 Å². The number of thiophene rings is 1. The summed E-state index contributed by atoms with van der Waals surface area (Å²) in [7, 11) is -6.50. The van der Waals surface area contributed by atoms with E-state index in [9.17, 15) is 25.9 Å². The number of anilines is 1. The van der Waals surface area contributed by atoms with Crippen molar-refractivity contribution in [3.05, 3.63) is 63.5 Å². The number of aryl methyl sites for hydroxylation is 1. The van der Waals surface area contributed by atoms with Crippen LogP contribution in [0.25, 0.3) is 26.4 Å². The number of nitrogens with zero attached hydrogens (tertiary/aromatic N) is 2. The van der Waals surface area contributed by atoms with E-state index in [0.29, 0.717) is 13.1 Å². The average molecular weight is 668 g/mol. The van der Waals surface area contributed by atoms with Crippen molar-refractivity contribution in [1.82, 2.24) is 0 Å². The molecule has 0 bridgehead atoms. The third-order valence-corrected chi connectivity index (χ3v) is 11.6. The summed E-state index contributed by atoms with van der Waals surface area (Å²) < 4.78 is 74.1. The van der Waals surface area contributed by atoms with Crippen molar-refractivity contribution in [3.8, 4) is 5.75 Å². The van der Waals surface area contributed by atoms with E-state index in [-0.39, 0.29) is 24.3 Å². The van der Waals surface area contributed by atoms with E-state index in [1.54, 1.807) is 41.5 Å². The Bertz CT molecular complexity index is 1910. The Morgan fingerprint density at radius 1 is 1.07 bits per heavy atom. The molecule has 9 nitrogen and oxygen atoms in total. The Balaban J connectivity index is 1.57. The van der Waals surface area contributed by atoms with Gasteiger partial charge in [0, 0.05) is 35.4 Å². The minimum absolute atomic E-state index is 0.254. The van der Waals surface area contributed by atoms with Gasteiger partial charge in [-0.25, -0.2) is 0 Å². The van der Waals surface area contributed by atoms with Gasteiger partial charge in [0.2, 0.25) is 5.52 Å². The van der Waals surface area contributed by atoms with Gasteiger partial charge < -0.3 is 9.64 Å². The zero-order valence-electron chi connectivity index (χ0n) is 23.0. The van der Waals surface area contributed by atoms with Crippen LogP contribution in [0.4, 0.5) is 5.69 Å². The van der Waals surface area contributed by atoms with Gasteiger partial charge in [0.25, 0.3) is 25.2 Å². The van der Waals surface area contributed by atoms with Crippen LogP contribution in [0.15, 0.2) is 63.4 Å². The highest BCUT2D eigenvalue weighted by atomic mass is 32.2. The van der Waals surface area contributed by atoms with Crippen LogP contribution in [-0.2, 0) is 26.8 Å². The predicted molar refractivity (Wildman–Crippen MR) is 172 cm³/mol. The molecule has 0 aliphatic carbocycles. The highest BCUT2D eigenvalue weighted by Crippen LogP contribution is 2.46. The lowest BCUT2D eigenvalue weighted by atomic mass is 10.2. The van der Waals surface area contributed by atoms with Crippen LogP contribution in [0.5, 0.6) is 5.75 Å². The van der Waals surface area contributed by atoms with Crippen molar-refractivity contribution in [3.63, 3.8) is 0 Å². The summed E-state index contributed by atoms with van der Waals surface area (Å²) in [6.45, 7) is 2.90. The fourth-order valence-electron chi connectivity index (χ4n) is 4.94. The summed E-state index contributed by atoms with van der Waals surface area (Å²) in [4.78, 5) is 3.15.